The lowest BCUT2D eigenvalue weighted by Gasteiger charge is -2.19. The zero-order valence-electron chi connectivity index (χ0n) is 11.8. The maximum absolute atomic E-state index is 13.0. The summed E-state index contributed by atoms with van der Waals surface area (Å²) in [7, 11) is 0. The van der Waals surface area contributed by atoms with Gasteiger partial charge in [0.2, 0.25) is 0 Å². The predicted molar refractivity (Wildman–Crippen MR) is 82.6 cm³/mol. The summed E-state index contributed by atoms with van der Waals surface area (Å²) in [6.45, 7) is 2.08. The Bertz CT molecular complexity index is 735. The van der Waals surface area contributed by atoms with E-state index in [-0.39, 0.29) is 11.9 Å². The quantitative estimate of drug-likeness (QED) is 0.773. The molecule has 0 spiro atoms. The number of aromatic nitrogens is 2. The Morgan fingerprint density at radius 1 is 1.14 bits per heavy atom. The van der Waals surface area contributed by atoms with Gasteiger partial charge in [0.15, 0.2) is 0 Å². The van der Waals surface area contributed by atoms with Crippen LogP contribution in [0.15, 0.2) is 55.0 Å². The molecular formula is C17H16FN3. The molecule has 1 atom stereocenters. The maximum Gasteiger partial charge on any atom is 0.141 e. The van der Waals surface area contributed by atoms with Gasteiger partial charge in [-0.2, -0.15) is 0 Å². The summed E-state index contributed by atoms with van der Waals surface area (Å²) >= 11 is 0. The van der Waals surface area contributed by atoms with Crippen molar-refractivity contribution in [1.29, 1.82) is 0 Å². The molecule has 3 nitrogen and oxygen atoms in total. The lowest BCUT2D eigenvalue weighted by molar-refractivity contribution is 0.614. The van der Waals surface area contributed by atoms with Crippen molar-refractivity contribution in [2.45, 2.75) is 19.4 Å². The number of hydrogen-bond donors (Lipinski definition) is 1. The number of benzene rings is 1. The first-order valence-electron chi connectivity index (χ1n) is 6.98. The summed E-state index contributed by atoms with van der Waals surface area (Å²) in [6, 6.07) is 11.3. The van der Waals surface area contributed by atoms with Crippen molar-refractivity contribution < 1.29 is 4.39 Å². The van der Waals surface area contributed by atoms with Crippen LogP contribution in [-0.4, -0.2) is 9.97 Å². The number of fused-ring (bicyclic) bond motifs is 1. The van der Waals surface area contributed by atoms with Crippen LogP contribution in [-0.2, 0) is 0 Å². The third-order valence-electron chi connectivity index (χ3n) is 3.53. The predicted octanol–water partition coefficient (Wildman–Crippen LogP) is 4.33. The van der Waals surface area contributed by atoms with Crippen molar-refractivity contribution in [1.82, 2.24) is 9.97 Å². The van der Waals surface area contributed by atoms with Crippen LogP contribution in [0.4, 0.5) is 10.1 Å². The number of rotatable bonds is 4. The van der Waals surface area contributed by atoms with Crippen molar-refractivity contribution in [3.8, 4) is 0 Å². The molecule has 0 radical (unpaired) electrons. The van der Waals surface area contributed by atoms with Gasteiger partial charge in [0.1, 0.15) is 5.82 Å². The topological polar surface area (TPSA) is 37.8 Å². The molecule has 0 aliphatic carbocycles. The first-order chi connectivity index (χ1) is 10.3. The van der Waals surface area contributed by atoms with Crippen LogP contribution >= 0.6 is 0 Å². The molecule has 4 heteroatoms. The zero-order valence-corrected chi connectivity index (χ0v) is 11.8. The van der Waals surface area contributed by atoms with Crippen LogP contribution in [0.1, 0.15) is 25.1 Å². The highest BCUT2D eigenvalue weighted by molar-refractivity contribution is 5.93. The third-order valence-corrected chi connectivity index (χ3v) is 3.53. The summed E-state index contributed by atoms with van der Waals surface area (Å²) in [5.74, 6) is -0.315. The first kappa shape index (κ1) is 13.5. The van der Waals surface area contributed by atoms with Gasteiger partial charge >= 0.3 is 0 Å². The molecule has 3 rings (SSSR count). The Morgan fingerprint density at radius 2 is 2.05 bits per heavy atom. The van der Waals surface area contributed by atoms with Crippen molar-refractivity contribution in [2.24, 2.45) is 0 Å². The van der Waals surface area contributed by atoms with E-state index in [0.29, 0.717) is 0 Å². The SMILES string of the molecule is CCC(Nc1cccc2cnccc12)c1ccc(F)cn1. The Labute approximate surface area is 122 Å². The molecule has 1 aromatic carbocycles. The van der Waals surface area contributed by atoms with Gasteiger partial charge < -0.3 is 5.32 Å². The number of pyridine rings is 2. The summed E-state index contributed by atoms with van der Waals surface area (Å²) in [5.41, 5.74) is 1.87. The highest BCUT2D eigenvalue weighted by Crippen LogP contribution is 2.27. The minimum absolute atomic E-state index is 0.0457. The van der Waals surface area contributed by atoms with Gasteiger partial charge in [0.05, 0.1) is 17.9 Å². The van der Waals surface area contributed by atoms with Crippen LogP contribution in [0.3, 0.4) is 0 Å². The molecule has 0 aliphatic heterocycles. The van der Waals surface area contributed by atoms with Crippen molar-refractivity contribution in [2.75, 3.05) is 5.32 Å². The Hall–Kier alpha value is -2.49. The standard InChI is InChI=1S/C17H16FN3/c1-2-15(17-7-6-13(18)11-20-17)21-16-5-3-4-12-10-19-9-8-14(12)16/h3-11,15,21H,2H2,1H3. The van der Waals surface area contributed by atoms with Crippen molar-refractivity contribution in [3.05, 3.63) is 66.5 Å². The number of nitrogens with one attached hydrogen (secondary N) is 1. The van der Waals surface area contributed by atoms with E-state index >= 15 is 0 Å². The fourth-order valence-corrected chi connectivity index (χ4v) is 2.41. The second kappa shape index (κ2) is 5.87. The van der Waals surface area contributed by atoms with E-state index in [2.05, 4.69) is 22.2 Å². The summed E-state index contributed by atoms with van der Waals surface area (Å²) in [4.78, 5) is 8.32. The fourth-order valence-electron chi connectivity index (χ4n) is 2.41. The minimum Gasteiger partial charge on any atom is -0.376 e. The molecule has 0 bridgehead atoms. The van der Waals surface area contributed by atoms with Crippen LogP contribution < -0.4 is 5.32 Å². The summed E-state index contributed by atoms with van der Waals surface area (Å²) < 4.78 is 13.0. The zero-order chi connectivity index (χ0) is 14.7. The molecular weight excluding hydrogens is 265 g/mol. The monoisotopic (exact) mass is 281 g/mol. The average molecular weight is 281 g/mol. The fraction of sp³-hybridized carbons (Fsp3) is 0.176. The molecule has 0 aliphatic rings. The van der Waals surface area contributed by atoms with Crippen LogP contribution in [0.5, 0.6) is 0 Å². The second-order valence-corrected chi connectivity index (χ2v) is 4.91. The molecule has 1 N–H and O–H groups in total. The van der Waals surface area contributed by atoms with E-state index in [1.807, 2.05) is 30.5 Å². The maximum atomic E-state index is 13.0. The lowest BCUT2D eigenvalue weighted by atomic mass is 10.1. The van der Waals surface area contributed by atoms with E-state index in [1.165, 1.54) is 12.3 Å². The molecule has 0 amide bonds. The van der Waals surface area contributed by atoms with E-state index in [1.54, 1.807) is 12.3 Å². The minimum atomic E-state index is -0.315. The smallest absolute Gasteiger partial charge is 0.141 e. The van der Waals surface area contributed by atoms with Crippen LogP contribution in [0.25, 0.3) is 10.8 Å². The molecule has 3 aromatic rings. The summed E-state index contributed by atoms with van der Waals surface area (Å²) in [6.07, 6.45) is 5.75. The van der Waals surface area contributed by atoms with Gasteiger partial charge in [0.25, 0.3) is 0 Å². The van der Waals surface area contributed by atoms with Crippen molar-refractivity contribution >= 4 is 16.5 Å². The van der Waals surface area contributed by atoms with E-state index in [9.17, 15) is 4.39 Å². The average Bonchev–Trinajstić information content (AvgIpc) is 2.54. The molecule has 1 unspecified atom stereocenters. The van der Waals surface area contributed by atoms with Gasteiger partial charge in [-0.25, -0.2) is 4.39 Å². The normalized spacial score (nSPS) is 12.3. The van der Waals surface area contributed by atoms with Gasteiger partial charge in [0, 0.05) is 28.9 Å². The van der Waals surface area contributed by atoms with Crippen molar-refractivity contribution in [3.63, 3.8) is 0 Å². The highest BCUT2D eigenvalue weighted by Gasteiger charge is 2.12. The number of hydrogen-bond acceptors (Lipinski definition) is 3. The van der Waals surface area contributed by atoms with Gasteiger partial charge in [-0.05, 0) is 30.7 Å². The van der Waals surface area contributed by atoms with Gasteiger partial charge in [-0.1, -0.05) is 19.1 Å². The molecule has 2 heterocycles. The number of halogens is 1. The molecule has 0 saturated heterocycles. The van der Waals surface area contributed by atoms with E-state index < -0.39 is 0 Å². The van der Waals surface area contributed by atoms with Gasteiger partial charge in [-0.15, -0.1) is 0 Å². The Kier molecular flexibility index (Phi) is 3.77. The van der Waals surface area contributed by atoms with Crippen LogP contribution in [0, 0.1) is 5.82 Å². The first-order valence-corrected chi connectivity index (χ1v) is 6.98. The molecule has 21 heavy (non-hydrogen) atoms. The van der Waals surface area contributed by atoms with E-state index in [4.69, 9.17) is 0 Å². The molecule has 0 fully saturated rings. The summed E-state index contributed by atoms with van der Waals surface area (Å²) in [5, 5.41) is 5.70. The molecule has 2 aromatic heterocycles. The van der Waals surface area contributed by atoms with E-state index in [0.717, 1.165) is 28.6 Å². The van der Waals surface area contributed by atoms with Crippen LogP contribution in [0.2, 0.25) is 0 Å². The third kappa shape index (κ3) is 2.84. The molecule has 0 saturated carbocycles. The Morgan fingerprint density at radius 3 is 2.81 bits per heavy atom. The Balaban J connectivity index is 1.94. The molecule has 106 valence electrons. The largest absolute Gasteiger partial charge is 0.376 e. The lowest BCUT2D eigenvalue weighted by Crippen LogP contribution is -2.11. The highest BCUT2D eigenvalue weighted by atomic mass is 19.1. The number of nitrogens with zero attached hydrogens (tertiary/aromatic N) is 2. The van der Waals surface area contributed by atoms with Gasteiger partial charge in [-0.3, -0.25) is 9.97 Å². The number of anilines is 1. The second-order valence-electron chi connectivity index (χ2n) is 4.91.